The van der Waals surface area contributed by atoms with Crippen molar-refractivity contribution in [2.24, 2.45) is 46.7 Å². The van der Waals surface area contributed by atoms with E-state index in [0.29, 0.717) is 24.7 Å². The first-order valence-corrected chi connectivity index (χ1v) is 12.0. The number of hydrogen-bond acceptors (Lipinski definition) is 3. The van der Waals surface area contributed by atoms with Gasteiger partial charge in [0, 0.05) is 12.6 Å². The lowest BCUT2D eigenvalue weighted by molar-refractivity contribution is -0.128. The highest BCUT2D eigenvalue weighted by Crippen LogP contribution is 2.65. The molecule has 3 N–H and O–H groups in total. The van der Waals surface area contributed by atoms with Gasteiger partial charge in [-0.2, -0.15) is 0 Å². The molecule has 156 valence electrons. The van der Waals surface area contributed by atoms with E-state index in [0.717, 1.165) is 54.8 Å². The molecule has 0 spiro atoms. The Kier molecular flexibility index (Phi) is 5.68. The molecule has 4 aliphatic rings. The minimum atomic E-state index is -0.556. The first-order valence-electron chi connectivity index (χ1n) is 12.0. The predicted molar refractivity (Wildman–Crippen MR) is 110 cm³/mol. The van der Waals surface area contributed by atoms with Gasteiger partial charge in [0.15, 0.2) is 0 Å². The van der Waals surface area contributed by atoms with Crippen molar-refractivity contribution >= 4 is 0 Å². The SMILES string of the molecule is CCOC[C@@]1(O)CC[C@H]2[C@H](CC[C@@H]3[C@@H]2CC[C@]2(C)[C@@H](C(N)CC)CC[C@@H]32)C1. The molecule has 1 unspecified atom stereocenters. The summed E-state index contributed by atoms with van der Waals surface area (Å²) in [5.74, 6) is 5.07. The molecule has 0 radical (unpaired) electrons. The number of rotatable bonds is 5. The van der Waals surface area contributed by atoms with E-state index in [1.165, 1.54) is 44.9 Å². The molecular weight excluding hydrogens is 334 g/mol. The van der Waals surface area contributed by atoms with Crippen LogP contribution in [0.15, 0.2) is 0 Å². The summed E-state index contributed by atoms with van der Waals surface area (Å²) in [7, 11) is 0. The maximum absolute atomic E-state index is 11.0. The van der Waals surface area contributed by atoms with Gasteiger partial charge in [0.1, 0.15) is 0 Å². The highest BCUT2D eigenvalue weighted by Gasteiger charge is 2.58. The van der Waals surface area contributed by atoms with E-state index in [1.54, 1.807) is 0 Å². The summed E-state index contributed by atoms with van der Waals surface area (Å²) < 4.78 is 5.62. The van der Waals surface area contributed by atoms with Gasteiger partial charge in [0.2, 0.25) is 0 Å². The molecule has 4 saturated carbocycles. The fourth-order valence-corrected chi connectivity index (χ4v) is 8.41. The first kappa shape index (κ1) is 20.2. The summed E-state index contributed by atoms with van der Waals surface area (Å²) in [6.45, 7) is 8.14. The van der Waals surface area contributed by atoms with E-state index < -0.39 is 5.60 Å². The number of ether oxygens (including phenoxy) is 1. The zero-order valence-corrected chi connectivity index (χ0v) is 18.0. The van der Waals surface area contributed by atoms with E-state index in [2.05, 4.69) is 13.8 Å². The van der Waals surface area contributed by atoms with E-state index in [4.69, 9.17) is 10.5 Å². The Labute approximate surface area is 166 Å². The van der Waals surface area contributed by atoms with Crippen LogP contribution >= 0.6 is 0 Å². The summed E-state index contributed by atoms with van der Waals surface area (Å²) >= 11 is 0. The summed E-state index contributed by atoms with van der Waals surface area (Å²) in [5, 5.41) is 11.0. The van der Waals surface area contributed by atoms with Gasteiger partial charge in [0.25, 0.3) is 0 Å². The Hall–Kier alpha value is -0.120. The standard InChI is InChI=1S/C24H43NO2/c1-4-22(25)21-9-8-20-19-7-6-16-14-24(26,15-27-5-2)13-11-17(16)18(19)10-12-23(20,21)3/h16-22,26H,4-15,25H2,1-3H3/t16-,17+,18-,19-,20+,21-,22?,23+,24-/m1/s1. The van der Waals surface area contributed by atoms with Crippen LogP contribution in [0.25, 0.3) is 0 Å². The molecule has 3 heteroatoms. The number of aliphatic hydroxyl groups is 1. The largest absolute Gasteiger partial charge is 0.387 e. The van der Waals surface area contributed by atoms with Crippen LogP contribution in [0.5, 0.6) is 0 Å². The molecule has 3 nitrogen and oxygen atoms in total. The second-order valence-electron chi connectivity index (χ2n) is 10.8. The van der Waals surface area contributed by atoms with Crippen molar-refractivity contribution in [3.8, 4) is 0 Å². The monoisotopic (exact) mass is 377 g/mol. The van der Waals surface area contributed by atoms with Crippen LogP contribution in [-0.2, 0) is 4.74 Å². The van der Waals surface area contributed by atoms with E-state index in [1.807, 2.05) is 6.92 Å². The lowest BCUT2D eigenvalue weighted by Crippen LogP contribution is -2.53. The van der Waals surface area contributed by atoms with Crippen LogP contribution < -0.4 is 5.73 Å². The molecular formula is C24H43NO2. The van der Waals surface area contributed by atoms with Crippen LogP contribution in [-0.4, -0.2) is 30.0 Å². The Morgan fingerprint density at radius 1 is 1.00 bits per heavy atom. The molecule has 0 aromatic carbocycles. The highest BCUT2D eigenvalue weighted by molar-refractivity contribution is 5.08. The minimum absolute atomic E-state index is 0.399. The lowest BCUT2D eigenvalue weighted by Gasteiger charge is -2.57. The van der Waals surface area contributed by atoms with Crippen molar-refractivity contribution in [2.75, 3.05) is 13.2 Å². The maximum atomic E-state index is 11.0. The van der Waals surface area contributed by atoms with Crippen molar-refractivity contribution in [2.45, 2.75) is 96.6 Å². The Morgan fingerprint density at radius 2 is 1.78 bits per heavy atom. The molecule has 0 amide bonds. The third kappa shape index (κ3) is 3.40. The van der Waals surface area contributed by atoms with Crippen LogP contribution in [0, 0.1) is 40.9 Å². The fraction of sp³-hybridized carbons (Fsp3) is 1.00. The summed E-state index contributed by atoms with van der Waals surface area (Å²) in [6.07, 6.45) is 12.6. The normalized spacial score (nSPS) is 50.6. The molecule has 9 atom stereocenters. The molecule has 0 aliphatic heterocycles. The molecule has 0 saturated heterocycles. The maximum Gasteiger partial charge on any atom is 0.0883 e. The van der Waals surface area contributed by atoms with Crippen LogP contribution in [0.1, 0.15) is 85.0 Å². The average Bonchev–Trinajstić information content (AvgIpc) is 3.02. The van der Waals surface area contributed by atoms with Gasteiger partial charge in [-0.05, 0) is 112 Å². The van der Waals surface area contributed by atoms with Crippen molar-refractivity contribution in [1.82, 2.24) is 0 Å². The molecule has 0 aromatic heterocycles. The number of hydrogen-bond donors (Lipinski definition) is 2. The Balaban J connectivity index is 1.46. The van der Waals surface area contributed by atoms with Gasteiger partial charge in [0.05, 0.1) is 12.2 Å². The predicted octanol–water partition coefficient (Wildman–Crippen LogP) is 4.76. The molecule has 4 rings (SSSR count). The van der Waals surface area contributed by atoms with E-state index >= 15 is 0 Å². The van der Waals surface area contributed by atoms with Crippen LogP contribution in [0.3, 0.4) is 0 Å². The first-order chi connectivity index (χ1) is 12.9. The van der Waals surface area contributed by atoms with Gasteiger partial charge in [-0.3, -0.25) is 0 Å². The van der Waals surface area contributed by atoms with Crippen LogP contribution in [0.4, 0.5) is 0 Å². The zero-order valence-electron chi connectivity index (χ0n) is 18.0. The summed E-state index contributed by atoms with van der Waals surface area (Å²) in [4.78, 5) is 0. The van der Waals surface area contributed by atoms with E-state index in [9.17, 15) is 5.11 Å². The zero-order chi connectivity index (χ0) is 19.2. The minimum Gasteiger partial charge on any atom is -0.387 e. The molecule has 0 heterocycles. The van der Waals surface area contributed by atoms with Gasteiger partial charge < -0.3 is 15.6 Å². The fourth-order valence-electron chi connectivity index (χ4n) is 8.41. The number of fused-ring (bicyclic) bond motifs is 5. The Morgan fingerprint density at radius 3 is 2.52 bits per heavy atom. The second kappa shape index (κ2) is 7.61. The lowest BCUT2D eigenvalue weighted by atomic mass is 9.48. The van der Waals surface area contributed by atoms with Gasteiger partial charge in [-0.25, -0.2) is 0 Å². The van der Waals surface area contributed by atoms with Crippen molar-refractivity contribution < 1.29 is 9.84 Å². The molecule has 4 fully saturated rings. The Bertz CT molecular complexity index is 525. The highest BCUT2D eigenvalue weighted by atomic mass is 16.5. The quantitative estimate of drug-likeness (QED) is 0.726. The third-order valence-corrected chi connectivity index (χ3v) is 9.74. The van der Waals surface area contributed by atoms with Crippen molar-refractivity contribution in [1.29, 1.82) is 0 Å². The average molecular weight is 378 g/mol. The number of nitrogens with two attached hydrogens (primary N) is 1. The molecule has 0 aromatic rings. The van der Waals surface area contributed by atoms with Gasteiger partial charge in [-0.1, -0.05) is 13.8 Å². The van der Waals surface area contributed by atoms with Gasteiger partial charge >= 0.3 is 0 Å². The van der Waals surface area contributed by atoms with Crippen LogP contribution in [0.2, 0.25) is 0 Å². The molecule has 4 aliphatic carbocycles. The van der Waals surface area contributed by atoms with Crippen molar-refractivity contribution in [3.05, 3.63) is 0 Å². The topological polar surface area (TPSA) is 55.5 Å². The second-order valence-corrected chi connectivity index (χ2v) is 10.8. The smallest absolute Gasteiger partial charge is 0.0883 e. The summed E-state index contributed by atoms with van der Waals surface area (Å²) in [6, 6.07) is 0.399. The summed E-state index contributed by atoms with van der Waals surface area (Å²) in [5.41, 5.74) is 6.51. The third-order valence-electron chi connectivity index (χ3n) is 9.74. The van der Waals surface area contributed by atoms with E-state index in [-0.39, 0.29) is 0 Å². The molecule has 27 heavy (non-hydrogen) atoms. The van der Waals surface area contributed by atoms with Gasteiger partial charge in [-0.15, -0.1) is 0 Å². The van der Waals surface area contributed by atoms with Crippen molar-refractivity contribution in [3.63, 3.8) is 0 Å². The molecule has 0 bridgehead atoms.